The Morgan fingerprint density at radius 3 is 1.75 bits per heavy atom. The first-order chi connectivity index (χ1) is 25.2. The molecule has 1 saturated carbocycles. The number of rotatable bonds is 29. The van der Waals surface area contributed by atoms with Gasteiger partial charge in [0.2, 0.25) is 0 Å². The zero-order valence-electron chi connectivity index (χ0n) is 32.2. The van der Waals surface area contributed by atoms with Crippen LogP contribution in [0.25, 0.3) is 0 Å². The summed E-state index contributed by atoms with van der Waals surface area (Å²) in [6.07, 6.45) is 7.61. The van der Waals surface area contributed by atoms with Crippen LogP contribution in [0.4, 0.5) is 0 Å². The van der Waals surface area contributed by atoms with Gasteiger partial charge in [-0.25, -0.2) is 9.97 Å². The van der Waals surface area contributed by atoms with E-state index in [0.717, 1.165) is 18.5 Å². The fourth-order valence-electron chi connectivity index (χ4n) is 6.04. The summed E-state index contributed by atoms with van der Waals surface area (Å²) in [5.41, 5.74) is -0.0315. The van der Waals surface area contributed by atoms with Gasteiger partial charge in [-0.1, -0.05) is 24.6 Å². The lowest BCUT2D eigenvalue weighted by Gasteiger charge is -2.43. The lowest BCUT2D eigenvalue weighted by molar-refractivity contribution is -0.155. The summed E-state index contributed by atoms with van der Waals surface area (Å²) in [6, 6.07) is 0. The normalized spacial score (nSPS) is 16.1. The minimum Gasteiger partial charge on any atom is -0.460 e. The molecule has 52 heavy (non-hydrogen) atoms. The molecule has 1 amide bonds. The molecule has 0 saturated heterocycles. The van der Waals surface area contributed by atoms with E-state index >= 15 is 0 Å². The molecule has 2 heterocycles. The molecule has 0 aromatic carbocycles. The highest BCUT2D eigenvalue weighted by Gasteiger charge is 2.45. The van der Waals surface area contributed by atoms with Crippen molar-refractivity contribution in [1.82, 2.24) is 14.9 Å². The Kier molecular flexibility index (Phi) is 21.5. The van der Waals surface area contributed by atoms with E-state index in [1.54, 1.807) is 37.1 Å². The van der Waals surface area contributed by atoms with Crippen molar-refractivity contribution in [1.29, 1.82) is 0 Å². The van der Waals surface area contributed by atoms with E-state index in [4.69, 9.17) is 47.6 Å². The maximum atomic E-state index is 13.9. The number of thioether (sulfide) groups is 1. The minimum atomic E-state index is -0.614. The van der Waals surface area contributed by atoms with Gasteiger partial charge in [-0.15, -0.1) is 0 Å². The number of methoxy groups -OCH3 is 2. The van der Waals surface area contributed by atoms with Crippen molar-refractivity contribution in [3.63, 3.8) is 0 Å². The number of amides is 1. The summed E-state index contributed by atoms with van der Waals surface area (Å²) < 4.78 is 50.0. The molecule has 0 atom stereocenters. The first kappa shape index (κ1) is 44.4. The topological polar surface area (TPSA) is 146 Å². The summed E-state index contributed by atoms with van der Waals surface area (Å²) in [7, 11) is 3.28. The Balaban J connectivity index is 1.71. The maximum absolute atomic E-state index is 13.9. The van der Waals surface area contributed by atoms with Crippen molar-refractivity contribution in [2.24, 2.45) is 0 Å². The Bertz CT molecular complexity index is 1120. The van der Waals surface area contributed by atoms with Gasteiger partial charge in [-0.2, -0.15) is 0 Å². The number of nitrogens with zero attached hydrogens (tertiary/aromatic N) is 3. The SMILES string of the molecule is COCCOCCOCCOCCC1(CCOCCOCCOCCOC)CN(CCC(=O)OC(C)(C)C)C(=O)c2cnc(SC3CCCC3)nc21. The van der Waals surface area contributed by atoms with Crippen LogP contribution in [0.15, 0.2) is 11.4 Å². The molecule has 3 rings (SSSR count). The van der Waals surface area contributed by atoms with Crippen LogP contribution in [0.5, 0.6) is 0 Å². The smallest absolute Gasteiger partial charge is 0.308 e. The van der Waals surface area contributed by atoms with Crippen molar-refractivity contribution in [3.8, 4) is 0 Å². The van der Waals surface area contributed by atoms with Crippen LogP contribution >= 0.6 is 11.8 Å². The van der Waals surface area contributed by atoms with Gasteiger partial charge in [0, 0.05) is 57.4 Å². The summed E-state index contributed by atoms with van der Waals surface area (Å²) in [6.45, 7) is 12.7. The molecule has 1 fully saturated rings. The number of aromatic nitrogens is 2. The van der Waals surface area contributed by atoms with E-state index in [1.165, 1.54) is 12.8 Å². The van der Waals surface area contributed by atoms with Crippen LogP contribution < -0.4 is 0 Å². The molecule has 0 N–H and O–H groups in total. The minimum absolute atomic E-state index is 0.0803. The second-order valence-corrected chi connectivity index (χ2v) is 15.2. The average molecular weight is 758 g/mol. The van der Waals surface area contributed by atoms with Gasteiger partial charge in [0.1, 0.15) is 5.60 Å². The quantitative estimate of drug-likeness (QED) is 0.0656. The van der Waals surface area contributed by atoms with Gasteiger partial charge in [0.05, 0.1) is 97.0 Å². The van der Waals surface area contributed by atoms with Crippen molar-refractivity contribution in [3.05, 3.63) is 17.5 Å². The van der Waals surface area contributed by atoms with Crippen molar-refractivity contribution in [2.45, 2.75) is 87.1 Å². The van der Waals surface area contributed by atoms with Gasteiger partial charge >= 0.3 is 5.97 Å². The van der Waals surface area contributed by atoms with E-state index in [1.807, 2.05) is 20.8 Å². The molecule has 15 heteroatoms. The molecule has 0 radical (unpaired) electrons. The van der Waals surface area contributed by atoms with Gasteiger partial charge in [-0.05, 0) is 46.5 Å². The van der Waals surface area contributed by atoms with Gasteiger partial charge < -0.3 is 47.5 Å². The number of hydrogen-bond donors (Lipinski definition) is 0. The maximum Gasteiger partial charge on any atom is 0.308 e. The number of carbonyl (C=O) groups excluding carboxylic acids is 2. The second kappa shape index (κ2) is 25.2. The van der Waals surface area contributed by atoms with Crippen LogP contribution in [0.3, 0.4) is 0 Å². The standard InChI is InChI=1S/C37H63N3O11S/c1-36(2,3)51-32(41)10-13-40-29-37(11-14-45-20-22-49-26-24-47-18-16-43-4,12-15-46-21-23-50-27-25-48-19-17-44-5)33-31(34(40)42)28-38-35(39-33)52-30-8-6-7-9-30/h28,30H,6-27,29H2,1-5H3. The third-order valence-electron chi connectivity index (χ3n) is 8.66. The van der Waals surface area contributed by atoms with Crippen molar-refractivity contribution < 1.29 is 52.2 Å². The lowest BCUT2D eigenvalue weighted by Crippen LogP contribution is -2.52. The molecule has 0 unspecified atom stereocenters. The fraction of sp³-hybridized carbons (Fsp3) is 0.838. The third-order valence-corrected chi connectivity index (χ3v) is 9.87. The third kappa shape index (κ3) is 17.0. The molecule has 0 bridgehead atoms. The lowest BCUT2D eigenvalue weighted by atomic mass is 9.73. The summed E-state index contributed by atoms with van der Waals surface area (Å²) in [5, 5.41) is 1.16. The van der Waals surface area contributed by atoms with E-state index < -0.39 is 11.0 Å². The van der Waals surface area contributed by atoms with Gasteiger partial charge in [-0.3, -0.25) is 9.59 Å². The highest BCUT2D eigenvalue weighted by molar-refractivity contribution is 7.99. The number of hydrogen-bond acceptors (Lipinski definition) is 14. The van der Waals surface area contributed by atoms with Crippen molar-refractivity contribution >= 4 is 23.6 Å². The first-order valence-electron chi connectivity index (χ1n) is 18.7. The predicted molar refractivity (Wildman–Crippen MR) is 196 cm³/mol. The largest absolute Gasteiger partial charge is 0.460 e. The molecule has 1 aliphatic carbocycles. The molecule has 14 nitrogen and oxygen atoms in total. The number of carbonyl (C=O) groups is 2. The Hall–Kier alpha value is -1.95. The van der Waals surface area contributed by atoms with E-state index in [2.05, 4.69) is 4.98 Å². The molecule has 2 aliphatic rings. The Morgan fingerprint density at radius 2 is 1.27 bits per heavy atom. The van der Waals surface area contributed by atoms with E-state index in [0.29, 0.717) is 128 Å². The zero-order chi connectivity index (χ0) is 37.5. The van der Waals surface area contributed by atoms with Crippen LogP contribution in [-0.4, -0.2) is 157 Å². The summed E-state index contributed by atoms with van der Waals surface area (Å²) in [5.74, 6) is -0.535. The van der Waals surface area contributed by atoms with E-state index in [-0.39, 0.29) is 24.8 Å². The van der Waals surface area contributed by atoms with Gasteiger partial charge in [0.15, 0.2) is 5.16 Å². The zero-order valence-corrected chi connectivity index (χ0v) is 33.0. The van der Waals surface area contributed by atoms with E-state index in [9.17, 15) is 9.59 Å². The Morgan fingerprint density at radius 1 is 0.788 bits per heavy atom. The highest BCUT2D eigenvalue weighted by Crippen LogP contribution is 2.40. The first-order valence-corrected chi connectivity index (χ1v) is 19.5. The van der Waals surface area contributed by atoms with Crippen LogP contribution in [0, 0.1) is 0 Å². The fourth-order valence-corrected chi connectivity index (χ4v) is 7.17. The Labute approximate surface area is 314 Å². The highest BCUT2D eigenvalue weighted by atomic mass is 32.2. The predicted octanol–water partition coefficient (Wildman–Crippen LogP) is 4.11. The molecule has 1 aromatic rings. The molecule has 1 aromatic heterocycles. The number of esters is 1. The summed E-state index contributed by atoms with van der Waals surface area (Å²) in [4.78, 5) is 38.1. The number of ether oxygens (including phenoxy) is 9. The van der Waals surface area contributed by atoms with Crippen LogP contribution in [-0.2, 0) is 52.8 Å². The summed E-state index contributed by atoms with van der Waals surface area (Å²) >= 11 is 1.70. The van der Waals surface area contributed by atoms with Gasteiger partial charge in [0.25, 0.3) is 5.91 Å². The molecule has 0 spiro atoms. The second-order valence-electron chi connectivity index (χ2n) is 13.9. The molecule has 1 aliphatic heterocycles. The molecule has 298 valence electrons. The molecular formula is C37H63N3O11S. The van der Waals surface area contributed by atoms with Crippen LogP contribution in [0.2, 0.25) is 0 Å². The number of fused-ring (bicyclic) bond motifs is 1. The molecular weight excluding hydrogens is 694 g/mol. The average Bonchev–Trinajstić information content (AvgIpc) is 3.62. The van der Waals surface area contributed by atoms with Crippen LogP contribution in [0.1, 0.15) is 81.8 Å². The monoisotopic (exact) mass is 757 g/mol. The van der Waals surface area contributed by atoms with Crippen molar-refractivity contribution in [2.75, 3.05) is 120 Å².